The molecule has 0 radical (unpaired) electrons. The van der Waals surface area contributed by atoms with E-state index in [1.165, 1.54) is 10.8 Å². The van der Waals surface area contributed by atoms with Crippen molar-refractivity contribution in [3.05, 3.63) is 36.5 Å². The monoisotopic (exact) mass is 242 g/mol. The summed E-state index contributed by atoms with van der Waals surface area (Å²) >= 11 is 0. The minimum absolute atomic E-state index is 0.170. The highest BCUT2D eigenvalue weighted by molar-refractivity contribution is 5.92. The zero-order chi connectivity index (χ0) is 12.5. The smallest absolute Gasteiger partial charge is 0.136 e. The van der Waals surface area contributed by atoms with Gasteiger partial charge in [0, 0.05) is 24.7 Å². The lowest BCUT2D eigenvalue weighted by Gasteiger charge is -2.35. The van der Waals surface area contributed by atoms with E-state index in [9.17, 15) is 5.11 Å². The van der Waals surface area contributed by atoms with Gasteiger partial charge in [-0.2, -0.15) is 0 Å². The van der Waals surface area contributed by atoms with E-state index in [1.807, 2.05) is 12.3 Å². The standard InChI is InChI=1S/C15H18N2O/c1-11-10-17(9-7-14(11)18)15-13-5-3-2-4-12(13)6-8-16-15/h2-6,8,11,14,18H,7,9-10H2,1H3. The predicted molar refractivity (Wildman–Crippen MR) is 73.7 cm³/mol. The molecule has 2 heterocycles. The second kappa shape index (κ2) is 4.58. The Hall–Kier alpha value is -1.61. The van der Waals surface area contributed by atoms with E-state index in [-0.39, 0.29) is 6.10 Å². The number of hydrogen-bond donors (Lipinski definition) is 1. The summed E-state index contributed by atoms with van der Waals surface area (Å²) < 4.78 is 0. The Labute approximate surface area is 107 Å². The normalized spacial score (nSPS) is 24.4. The molecule has 1 fully saturated rings. The van der Waals surface area contributed by atoms with Gasteiger partial charge < -0.3 is 10.0 Å². The first kappa shape index (κ1) is 11.5. The van der Waals surface area contributed by atoms with Crippen LogP contribution in [0.3, 0.4) is 0 Å². The van der Waals surface area contributed by atoms with Crippen molar-refractivity contribution in [1.82, 2.24) is 4.98 Å². The zero-order valence-corrected chi connectivity index (χ0v) is 10.6. The summed E-state index contributed by atoms with van der Waals surface area (Å²) in [5, 5.41) is 12.2. The van der Waals surface area contributed by atoms with Crippen molar-refractivity contribution in [2.75, 3.05) is 18.0 Å². The highest BCUT2D eigenvalue weighted by Crippen LogP contribution is 2.28. The first-order valence-corrected chi connectivity index (χ1v) is 6.52. The average molecular weight is 242 g/mol. The van der Waals surface area contributed by atoms with Gasteiger partial charge in [0.2, 0.25) is 0 Å². The molecule has 1 N–H and O–H groups in total. The topological polar surface area (TPSA) is 36.4 Å². The van der Waals surface area contributed by atoms with E-state index in [1.54, 1.807) is 0 Å². The van der Waals surface area contributed by atoms with Gasteiger partial charge in [0.25, 0.3) is 0 Å². The van der Waals surface area contributed by atoms with Crippen molar-refractivity contribution in [3.63, 3.8) is 0 Å². The van der Waals surface area contributed by atoms with Gasteiger partial charge in [0.05, 0.1) is 6.10 Å². The van der Waals surface area contributed by atoms with Gasteiger partial charge in [-0.1, -0.05) is 31.2 Å². The van der Waals surface area contributed by atoms with Crippen LogP contribution in [0.25, 0.3) is 10.8 Å². The van der Waals surface area contributed by atoms with Gasteiger partial charge in [-0.25, -0.2) is 4.98 Å². The Morgan fingerprint density at radius 3 is 2.94 bits per heavy atom. The summed E-state index contributed by atoms with van der Waals surface area (Å²) in [6.07, 6.45) is 2.52. The number of benzene rings is 1. The molecule has 1 aromatic heterocycles. The second-order valence-electron chi connectivity index (χ2n) is 5.14. The van der Waals surface area contributed by atoms with Crippen molar-refractivity contribution < 1.29 is 5.11 Å². The van der Waals surface area contributed by atoms with Crippen LogP contribution in [0.2, 0.25) is 0 Å². The zero-order valence-electron chi connectivity index (χ0n) is 10.6. The summed E-state index contributed by atoms with van der Waals surface area (Å²) in [6, 6.07) is 10.4. The van der Waals surface area contributed by atoms with Crippen LogP contribution in [-0.4, -0.2) is 29.3 Å². The SMILES string of the molecule is CC1CN(c2nccc3ccccc23)CCC1O. The van der Waals surface area contributed by atoms with E-state index < -0.39 is 0 Å². The molecule has 0 amide bonds. The van der Waals surface area contributed by atoms with Crippen molar-refractivity contribution >= 4 is 16.6 Å². The molecule has 2 aromatic rings. The first-order valence-electron chi connectivity index (χ1n) is 6.52. The lowest BCUT2D eigenvalue weighted by molar-refractivity contribution is 0.0969. The van der Waals surface area contributed by atoms with Gasteiger partial charge in [0.1, 0.15) is 5.82 Å². The lowest BCUT2D eigenvalue weighted by Crippen LogP contribution is -2.42. The number of piperidine rings is 1. The Bertz CT molecular complexity index is 550. The third-order valence-electron chi connectivity index (χ3n) is 3.81. The number of aliphatic hydroxyl groups is 1. The van der Waals surface area contributed by atoms with Crippen LogP contribution in [0.4, 0.5) is 5.82 Å². The molecule has 0 bridgehead atoms. The largest absolute Gasteiger partial charge is 0.393 e. The van der Waals surface area contributed by atoms with Gasteiger partial charge in [-0.15, -0.1) is 0 Å². The van der Waals surface area contributed by atoms with Crippen LogP contribution in [0.15, 0.2) is 36.5 Å². The Morgan fingerprint density at radius 2 is 2.11 bits per heavy atom. The molecule has 2 unspecified atom stereocenters. The van der Waals surface area contributed by atoms with Crippen molar-refractivity contribution in [3.8, 4) is 0 Å². The van der Waals surface area contributed by atoms with E-state index in [2.05, 4.69) is 41.1 Å². The molecule has 94 valence electrons. The molecule has 3 rings (SSSR count). The number of aliphatic hydroxyl groups excluding tert-OH is 1. The van der Waals surface area contributed by atoms with Gasteiger partial charge >= 0.3 is 0 Å². The molecule has 3 nitrogen and oxygen atoms in total. The number of aromatic nitrogens is 1. The van der Waals surface area contributed by atoms with Crippen LogP contribution in [0.5, 0.6) is 0 Å². The number of nitrogens with zero attached hydrogens (tertiary/aromatic N) is 2. The number of hydrogen-bond acceptors (Lipinski definition) is 3. The Kier molecular flexibility index (Phi) is 2.92. The molecule has 1 saturated heterocycles. The predicted octanol–water partition coefficient (Wildman–Crippen LogP) is 2.44. The van der Waals surface area contributed by atoms with Crippen LogP contribution < -0.4 is 4.90 Å². The quantitative estimate of drug-likeness (QED) is 0.834. The van der Waals surface area contributed by atoms with E-state index in [0.717, 1.165) is 25.3 Å². The molecule has 1 aliphatic heterocycles. The summed E-state index contributed by atoms with van der Waals surface area (Å²) in [7, 11) is 0. The van der Waals surface area contributed by atoms with E-state index >= 15 is 0 Å². The van der Waals surface area contributed by atoms with Crippen molar-refractivity contribution in [2.24, 2.45) is 5.92 Å². The Balaban J connectivity index is 1.99. The molecule has 3 heteroatoms. The maximum Gasteiger partial charge on any atom is 0.136 e. The molecule has 1 aromatic carbocycles. The molecule has 2 atom stereocenters. The summed E-state index contributed by atoms with van der Waals surface area (Å²) in [6.45, 7) is 3.86. The maximum absolute atomic E-state index is 9.81. The third kappa shape index (κ3) is 1.95. The summed E-state index contributed by atoms with van der Waals surface area (Å²) in [5.74, 6) is 1.35. The minimum Gasteiger partial charge on any atom is -0.393 e. The van der Waals surface area contributed by atoms with E-state index in [0.29, 0.717) is 5.92 Å². The molecule has 0 spiro atoms. The van der Waals surface area contributed by atoms with Crippen molar-refractivity contribution in [2.45, 2.75) is 19.4 Å². The number of rotatable bonds is 1. The van der Waals surface area contributed by atoms with E-state index in [4.69, 9.17) is 0 Å². The molecule has 0 aliphatic carbocycles. The highest BCUT2D eigenvalue weighted by Gasteiger charge is 2.25. The first-order chi connectivity index (χ1) is 8.75. The number of fused-ring (bicyclic) bond motifs is 1. The fourth-order valence-corrected chi connectivity index (χ4v) is 2.68. The minimum atomic E-state index is -0.170. The summed E-state index contributed by atoms with van der Waals surface area (Å²) in [5.41, 5.74) is 0. The van der Waals surface area contributed by atoms with Crippen LogP contribution in [0, 0.1) is 5.92 Å². The molecule has 0 saturated carbocycles. The molecule has 18 heavy (non-hydrogen) atoms. The molecule has 1 aliphatic rings. The number of pyridine rings is 1. The lowest BCUT2D eigenvalue weighted by atomic mass is 9.96. The fourth-order valence-electron chi connectivity index (χ4n) is 2.68. The van der Waals surface area contributed by atoms with Crippen LogP contribution in [-0.2, 0) is 0 Å². The molecular formula is C15H18N2O. The van der Waals surface area contributed by atoms with Crippen LogP contribution >= 0.6 is 0 Å². The average Bonchev–Trinajstić information content (AvgIpc) is 2.41. The van der Waals surface area contributed by atoms with Gasteiger partial charge in [0.15, 0.2) is 0 Å². The number of anilines is 1. The van der Waals surface area contributed by atoms with Crippen LogP contribution in [0.1, 0.15) is 13.3 Å². The summed E-state index contributed by atoms with van der Waals surface area (Å²) in [4.78, 5) is 6.83. The second-order valence-corrected chi connectivity index (χ2v) is 5.14. The maximum atomic E-state index is 9.81. The Morgan fingerprint density at radius 1 is 1.28 bits per heavy atom. The van der Waals surface area contributed by atoms with Gasteiger partial charge in [-0.3, -0.25) is 0 Å². The highest BCUT2D eigenvalue weighted by atomic mass is 16.3. The third-order valence-corrected chi connectivity index (χ3v) is 3.81. The molecular weight excluding hydrogens is 224 g/mol. The van der Waals surface area contributed by atoms with Gasteiger partial charge in [-0.05, 0) is 23.8 Å². The van der Waals surface area contributed by atoms with Crippen molar-refractivity contribution in [1.29, 1.82) is 0 Å². The fraction of sp³-hybridized carbons (Fsp3) is 0.400.